The van der Waals surface area contributed by atoms with E-state index in [0.717, 1.165) is 0 Å². The number of benzene rings is 1. The number of aromatic nitrogens is 1. The molecule has 0 spiro atoms. The average molecular weight is 253 g/mol. The Labute approximate surface area is 91.8 Å². The van der Waals surface area contributed by atoms with Gasteiger partial charge in [-0.15, -0.1) is 0 Å². The maximum absolute atomic E-state index is 3.60. The second-order valence-electron chi connectivity index (χ2n) is 3.36. The molecule has 1 atom stereocenters. The van der Waals surface area contributed by atoms with E-state index in [4.69, 9.17) is 0 Å². The molecule has 0 fully saturated rings. The number of rotatable bonds is 2. The molecule has 1 aromatic heterocycles. The summed E-state index contributed by atoms with van der Waals surface area (Å²) in [5.74, 6) is 0. The highest BCUT2D eigenvalue weighted by Crippen LogP contribution is 2.30. The second-order valence-corrected chi connectivity index (χ2v) is 4.28. The molecule has 2 nitrogen and oxygen atoms in total. The van der Waals surface area contributed by atoms with Crippen molar-refractivity contribution in [3.05, 3.63) is 35.5 Å². The molecule has 1 aromatic carbocycles. The van der Waals surface area contributed by atoms with Gasteiger partial charge < -0.3 is 10.3 Å². The molecule has 1 unspecified atom stereocenters. The van der Waals surface area contributed by atoms with Gasteiger partial charge in [0.1, 0.15) is 0 Å². The topological polar surface area (TPSA) is 27.8 Å². The van der Waals surface area contributed by atoms with E-state index >= 15 is 0 Å². The standard InChI is InChI=1S/C11H13BrN2/c1-7-10(11(12)13-2)8-5-3-4-6-9(8)14-7/h3-6,11,13-14H,1-2H3. The number of aryl methyl sites for hydroxylation is 1. The highest BCUT2D eigenvalue weighted by molar-refractivity contribution is 9.09. The molecule has 0 amide bonds. The van der Waals surface area contributed by atoms with Crippen LogP contribution >= 0.6 is 15.9 Å². The Hall–Kier alpha value is -0.800. The number of aromatic amines is 1. The van der Waals surface area contributed by atoms with Gasteiger partial charge >= 0.3 is 0 Å². The molecule has 0 aliphatic heterocycles. The molecule has 74 valence electrons. The van der Waals surface area contributed by atoms with Gasteiger partial charge in [-0.2, -0.15) is 0 Å². The van der Waals surface area contributed by atoms with Gasteiger partial charge in [-0.1, -0.05) is 34.1 Å². The number of halogens is 1. The molecular formula is C11H13BrN2. The highest BCUT2D eigenvalue weighted by Gasteiger charge is 2.13. The predicted molar refractivity (Wildman–Crippen MR) is 63.8 cm³/mol. The Bertz CT molecular complexity index is 447. The lowest BCUT2D eigenvalue weighted by Gasteiger charge is -2.08. The fraction of sp³-hybridized carbons (Fsp3) is 0.273. The van der Waals surface area contributed by atoms with E-state index in [1.54, 1.807) is 0 Å². The van der Waals surface area contributed by atoms with Crippen molar-refractivity contribution in [2.24, 2.45) is 0 Å². The third kappa shape index (κ3) is 1.47. The molecule has 2 rings (SSSR count). The fourth-order valence-corrected chi connectivity index (χ4v) is 2.36. The molecule has 0 saturated carbocycles. The molecule has 2 N–H and O–H groups in total. The van der Waals surface area contributed by atoms with Crippen LogP contribution in [0.2, 0.25) is 0 Å². The van der Waals surface area contributed by atoms with Crippen molar-refractivity contribution in [3.63, 3.8) is 0 Å². The van der Waals surface area contributed by atoms with Crippen LogP contribution in [0.15, 0.2) is 24.3 Å². The Morgan fingerprint density at radius 3 is 2.79 bits per heavy atom. The number of hydrogen-bond donors (Lipinski definition) is 2. The molecule has 0 aliphatic carbocycles. The number of H-pyrrole nitrogens is 1. The van der Waals surface area contributed by atoms with Gasteiger partial charge in [0.25, 0.3) is 0 Å². The quantitative estimate of drug-likeness (QED) is 0.624. The zero-order chi connectivity index (χ0) is 10.1. The SMILES string of the molecule is CNC(Br)c1c(C)[nH]c2ccccc12. The Morgan fingerprint density at radius 2 is 2.07 bits per heavy atom. The lowest BCUT2D eigenvalue weighted by molar-refractivity contribution is 0.807. The first-order valence-electron chi connectivity index (χ1n) is 4.62. The first-order valence-corrected chi connectivity index (χ1v) is 5.54. The zero-order valence-electron chi connectivity index (χ0n) is 8.26. The number of alkyl halides is 1. The van der Waals surface area contributed by atoms with Crippen molar-refractivity contribution in [2.75, 3.05) is 7.05 Å². The summed E-state index contributed by atoms with van der Waals surface area (Å²) < 4.78 is 0. The summed E-state index contributed by atoms with van der Waals surface area (Å²) >= 11 is 3.60. The Balaban J connectivity index is 2.67. The van der Waals surface area contributed by atoms with Crippen molar-refractivity contribution in [2.45, 2.75) is 11.9 Å². The molecule has 0 radical (unpaired) electrons. The van der Waals surface area contributed by atoms with Crippen molar-refractivity contribution in [1.82, 2.24) is 10.3 Å². The summed E-state index contributed by atoms with van der Waals surface area (Å²) in [6, 6.07) is 8.35. The van der Waals surface area contributed by atoms with E-state index in [1.165, 1.54) is 22.2 Å². The molecule has 0 bridgehead atoms. The zero-order valence-corrected chi connectivity index (χ0v) is 9.85. The van der Waals surface area contributed by atoms with Crippen LogP contribution in [-0.2, 0) is 0 Å². The van der Waals surface area contributed by atoms with Crippen LogP contribution in [0.4, 0.5) is 0 Å². The van der Waals surface area contributed by atoms with Gasteiger partial charge in [-0.3, -0.25) is 0 Å². The van der Waals surface area contributed by atoms with Crippen molar-refractivity contribution in [1.29, 1.82) is 0 Å². The maximum Gasteiger partial charge on any atom is 0.0907 e. The van der Waals surface area contributed by atoms with Crippen LogP contribution in [-0.4, -0.2) is 12.0 Å². The minimum atomic E-state index is 0.207. The average Bonchev–Trinajstić information content (AvgIpc) is 2.53. The molecule has 14 heavy (non-hydrogen) atoms. The molecule has 0 aliphatic rings. The monoisotopic (exact) mass is 252 g/mol. The minimum absolute atomic E-state index is 0.207. The smallest absolute Gasteiger partial charge is 0.0907 e. The third-order valence-corrected chi connectivity index (χ3v) is 3.37. The molecular weight excluding hydrogens is 240 g/mol. The number of fused-ring (bicyclic) bond motifs is 1. The summed E-state index contributed by atoms with van der Waals surface area (Å²) in [5.41, 5.74) is 3.70. The summed E-state index contributed by atoms with van der Waals surface area (Å²) in [4.78, 5) is 3.58. The van der Waals surface area contributed by atoms with Crippen LogP contribution in [0.25, 0.3) is 10.9 Å². The van der Waals surface area contributed by atoms with E-state index in [-0.39, 0.29) is 4.95 Å². The van der Waals surface area contributed by atoms with Crippen molar-refractivity contribution >= 4 is 26.8 Å². The summed E-state index contributed by atoms with van der Waals surface area (Å²) in [6.45, 7) is 2.10. The third-order valence-electron chi connectivity index (χ3n) is 2.45. The largest absolute Gasteiger partial charge is 0.358 e. The van der Waals surface area contributed by atoms with E-state index in [1.807, 2.05) is 13.1 Å². The second kappa shape index (κ2) is 3.75. The van der Waals surface area contributed by atoms with Crippen LogP contribution in [0.3, 0.4) is 0 Å². The van der Waals surface area contributed by atoms with Crippen LogP contribution in [0.5, 0.6) is 0 Å². The van der Waals surface area contributed by atoms with Gasteiger partial charge in [0.05, 0.1) is 4.95 Å². The summed E-state index contributed by atoms with van der Waals surface area (Å²) in [5, 5.41) is 4.48. The van der Waals surface area contributed by atoms with Gasteiger partial charge in [-0.25, -0.2) is 0 Å². The maximum atomic E-state index is 3.60. The van der Waals surface area contributed by atoms with Crippen molar-refractivity contribution < 1.29 is 0 Å². The summed E-state index contributed by atoms with van der Waals surface area (Å²) in [6.07, 6.45) is 0. The molecule has 2 aromatic rings. The van der Waals surface area contributed by atoms with Gasteiger partial charge in [0.15, 0.2) is 0 Å². The number of para-hydroxylation sites is 1. The molecule has 0 saturated heterocycles. The lowest BCUT2D eigenvalue weighted by Crippen LogP contribution is -2.09. The molecule has 1 heterocycles. The lowest BCUT2D eigenvalue weighted by atomic mass is 10.1. The predicted octanol–water partition coefficient (Wildman–Crippen LogP) is 3.09. The van der Waals surface area contributed by atoms with E-state index in [2.05, 4.69) is 51.4 Å². The normalized spacial score (nSPS) is 13.4. The first-order chi connectivity index (χ1) is 6.74. The van der Waals surface area contributed by atoms with E-state index in [9.17, 15) is 0 Å². The highest BCUT2D eigenvalue weighted by atomic mass is 79.9. The van der Waals surface area contributed by atoms with Crippen LogP contribution < -0.4 is 5.32 Å². The van der Waals surface area contributed by atoms with Gasteiger partial charge in [0.2, 0.25) is 0 Å². The summed E-state index contributed by atoms with van der Waals surface area (Å²) in [7, 11) is 1.95. The number of nitrogens with one attached hydrogen (secondary N) is 2. The van der Waals surface area contributed by atoms with E-state index < -0.39 is 0 Å². The van der Waals surface area contributed by atoms with Crippen molar-refractivity contribution in [3.8, 4) is 0 Å². The first kappa shape index (κ1) is 9.74. The van der Waals surface area contributed by atoms with E-state index in [0.29, 0.717) is 0 Å². The van der Waals surface area contributed by atoms with Crippen LogP contribution in [0, 0.1) is 6.92 Å². The minimum Gasteiger partial charge on any atom is -0.358 e. The van der Waals surface area contributed by atoms with Crippen LogP contribution in [0.1, 0.15) is 16.2 Å². The van der Waals surface area contributed by atoms with Gasteiger partial charge in [0, 0.05) is 22.2 Å². The Morgan fingerprint density at radius 1 is 1.36 bits per heavy atom. The van der Waals surface area contributed by atoms with Gasteiger partial charge in [-0.05, 0) is 20.0 Å². The number of hydrogen-bond acceptors (Lipinski definition) is 1. The Kier molecular flexibility index (Phi) is 2.61. The fourth-order valence-electron chi connectivity index (χ4n) is 1.77. The molecule has 3 heteroatoms.